The van der Waals surface area contributed by atoms with Crippen molar-refractivity contribution in [2.45, 2.75) is 26.4 Å². The van der Waals surface area contributed by atoms with Gasteiger partial charge in [0.25, 0.3) is 0 Å². The average Bonchev–Trinajstić information content (AvgIpc) is 2.83. The molecule has 0 aliphatic heterocycles. The van der Waals surface area contributed by atoms with Crippen LogP contribution in [0.15, 0.2) is 35.1 Å². The van der Waals surface area contributed by atoms with Crippen LogP contribution in [0.3, 0.4) is 0 Å². The van der Waals surface area contributed by atoms with Crippen molar-refractivity contribution >= 4 is 5.91 Å². The van der Waals surface area contributed by atoms with Crippen molar-refractivity contribution in [3.8, 4) is 5.75 Å². The molecule has 0 radical (unpaired) electrons. The highest BCUT2D eigenvalue weighted by molar-refractivity contribution is 5.77. The number of ether oxygens (including phenoxy) is 1. The van der Waals surface area contributed by atoms with Gasteiger partial charge in [0.2, 0.25) is 5.91 Å². The number of aromatic nitrogens is 2. The lowest BCUT2D eigenvalue weighted by atomic mass is 10.3. The number of pyridine rings is 1. The van der Waals surface area contributed by atoms with E-state index < -0.39 is 0 Å². The second kappa shape index (κ2) is 6.70. The van der Waals surface area contributed by atoms with Crippen LogP contribution < -0.4 is 10.1 Å². The van der Waals surface area contributed by atoms with Gasteiger partial charge in [-0.1, -0.05) is 5.16 Å². The molecule has 2 aromatic heterocycles. The molecule has 1 N–H and O–H groups in total. The molecule has 6 heteroatoms. The SMILES string of the molecule is Cc1cc(CC(=O)NC[C@@H](C)Oc2cccnc2)on1. The Bertz CT molecular complexity index is 554. The summed E-state index contributed by atoms with van der Waals surface area (Å²) in [4.78, 5) is 15.7. The number of aryl methyl sites for hydroxylation is 1. The van der Waals surface area contributed by atoms with Crippen LogP contribution in [-0.2, 0) is 11.2 Å². The van der Waals surface area contributed by atoms with Crippen LogP contribution in [0.4, 0.5) is 0 Å². The lowest BCUT2D eigenvalue weighted by Crippen LogP contribution is -2.34. The molecule has 0 saturated carbocycles. The molecule has 0 aromatic carbocycles. The standard InChI is InChI=1S/C14H17N3O3/c1-10-6-13(20-17-10)7-14(18)16-8-11(2)19-12-4-3-5-15-9-12/h3-6,9,11H,7-8H2,1-2H3,(H,16,18)/t11-/m1/s1. The Balaban J connectivity index is 1.73. The maximum Gasteiger partial charge on any atom is 0.227 e. The smallest absolute Gasteiger partial charge is 0.227 e. The largest absolute Gasteiger partial charge is 0.487 e. The number of nitrogens with zero attached hydrogens (tertiary/aromatic N) is 2. The summed E-state index contributed by atoms with van der Waals surface area (Å²) in [6, 6.07) is 5.37. The zero-order valence-electron chi connectivity index (χ0n) is 11.5. The molecule has 6 nitrogen and oxygen atoms in total. The first-order chi connectivity index (χ1) is 9.63. The minimum atomic E-state index is -0.139. The number of rotatable bonds is 6. The van der Waals surface area contributed by atoms with Crippen LogP contribution in [0.2, 0.25) is 0 Å². The Kier molecular flexibility index (Phi) is 4.70. The molecule has 106 valence electrons. The zero-order chi connectivity index (χ0) is 14.4. The van der Waals surface area contributed by atoms with E-state index in [2.05, 4.69) is 15.5 Å². The van der Waals surface area contributed by atoms with Gasteiger partial charge in [0.15, 0.2) is 0 Å². The van der Waals surface area contributed by atoms with Crippen molar-refractivity contribution in [1.29, 1.82) is 0 Å². The van der Waals surface area contributed by atoms with Crippen LogP contribution >= 0.6 is 0 Å². The molecule has 0 aliphatic rings. The van der Waals surface area contributed by atoms with Gasteiger partial charge in [0.05, 0.1) is 24.9 Å². The molecule has 20 heavy (non-hydrogen) atoms. The third kappa shape index (κ3) is 4.38. The number of carbonyl (C=O) groups is 1. The van der Waals surface area contributed by atoms with E-state index >= 15 is 0 Å². The van der Waals surface area contributed by atoms with E-state index in [1.165, 1.54) is 0 Å². The fraction of sp³-hybridized carbons (Fsp3) is 0.357. The molecule has 0 fully saturated rings. The molecule has 0 saturated heterocycles. The van der Waals surface area contributed by atoms with E-state index in [4.69, 9.17) is 9.26 Å². The van der Waals surface area contributed by atoms with Gasteiger partial charge in [0.1, 0.15) is 17.6 Å². The minimum absolute atomic E-state index is 0.122. The fourth-order valence-electron chi connectivity index (χ4n) is 1.67. The Morgan fingerprint density at radius 2 is 2.40 bits per heavy atom. The topological polar surface area (TPSA) is 77.2 Å². The van der Waals surface area contributed by atoms with E-state index in [0.717, 1.165) is 5.69 Å². The Morgan fingerprint density at radius 1 is 1.55 bits per heavy atom. The van der Waals surface area contributed by atoms with Crippen LogP contribution in [-0.4, -0.2) is 28.7 Å². The molecule has 0 aliphatic carbocycles. The van der Waals surface area contributed by atoms with Gasteiger partial charge in [-0.2, -0.15) is 0 Å². The Hall–Kier alpha value is -2.37. The fourth-order valence-corrected chi connectivity index (χ4v) is 1.67. The quantitative estimate of drug-likeness (QED) is 0.864. The highest BCUT2D eigenvalue weighted by Gasteiger charge is 2.10. The third-order valence-corrected chi connectivity index (χ3v) is 2.57. The summed E-state index contributed by atoms with van der Waals surface area (Å²) in [5.74, 6) is 1.11. The second-order valence-corrected chi connectivity index (χ2v) is 4.53. The minimum Gasteiger partial charge on any atom is -0.487 e. The van der Waals surface area contributed by atoms with E-state index in [1.54, 1.807) is 24.5 Å². The number of amides is 1. The number of hydrogen-bond acceptors (Lipinski definition) is 5. The first-order valence-corrected chi connectivity index (χ1v) is 6.39. The molecule has 2 aromatic rings. The van der Waals surface area contributed by atoms with Gasteiger partial charge < -0.3 is 14.6 Å². The van der Waals surface area contributed by atoms with E-state index in [1.807, 2.05) is 19.9 Å². The number of carbonyl (C=O) groups excluding carboxylic acids is 1. The monoisotopic (exact) mass is 275 g/mol. The van der Waals surface area contributed by atoms with Gasteiger partial charge in [0, 0.05) is 12.3 Å². The van der Waals surface area contributed by atoms with Crippen molar-refractivity contribution < 1.29 is 14.1 Å². The summed E-state index contributed by atoms with van der Waals surface area (Å²) in [7, 11) is 0. The molecule has 1 amide bonds. The second-order valence-electron chi connectivity index (χ2n) is 4.53. The predicted molar refractivity (Wildman–Crippen MR) is 72.3 cm³/mol. The summed E-state index contributed by atoms with van der Waals surface area (Å²) in [6.45, 7) is 4.11. The molecular formula is C14H17N3O3. The summed E-state index contributed by atoms with van der Waals surface area (Å²) in [5.41, 5.74) is 0.765. The van der Waals surface area contributed by atoms with Crippen LogP contribution in [0.5, 0.6) is 5.75 Å². The number of hydrogen-bond donors (Lipinski definition) is 1. The first-order valence-electron chi connectivity index (χ1n) is 6.39. The predicted octanol–water partition coefficient (Wildman–Crippen LogP) is 1.50. The lowest BCUT2D eigenvalue weighted by molar-refractivity contribution is -0.121. The number of nitrogens with one attached hydrogen (secondary N) is 1. The van der Waals surface area contributed by atoms with E-state index in [9.17, 15) is 4.79 Å². The summed E-state index contributed by atoms with van der Waals surface area (Å²) in [6.07, 6.45) is 3.36. The molecule has 0 unspecified atom stereocenters. The summed E-state index contributed by atoms with van der Waals surface area (Å²) in [5, 5.41) is 6.52. The van der Waals surface area contributed by atoms with Gasteiger partial charge in [-0.3, -0.25) is 9.78 Å². The maximum atomic E-state index is 11.7. The van der Waals surface area contributed by atoms with Crippen molar-refractivity contribution in [2.75, 3.05) is 6.54 Å². The summed E-state index contributed by atoms with van der Waals surface area (Å²) >= 11 is 0. The van der Waals surface area contributed by atoms with E-state index in [0.29, 0.717) is 18.1 Å². The van der Waals surface area contributed by atoms with Gasteiger partial charge >= 0.3 is 0 Å². The van der Waals surface area contributed by atoms with Crippen molar-refractivity contribution in [2.24, 2.45) is 0 Å². The molecule has 2 rings (SSSR count). The molecule has 2 heterocycles. The lowest BCUT2D eigenvalue weighted by Gasteiger charge is -2.14. The van der Waals surface area contributed by atoms with Crippen LogP contribution in [0.25, 0.3) is 0 Å². The molecule has 1 atom stereocenters. The van der Waals surface area contributed by atoms with E-state index in [-0.39, 0.29) is 18.4 Å². The highest BCUT2D eigenvalue weighted by atomic mass is 16.5. The third-order valence-electron chi connectivity index (χ3n) is 2.57. The molecule has 0 bridgehead atoms. The van der Waals surface area contributed by atoms with Crippen molar-refractivity contribution in [3.63, 3.8) is 0 Å². The maximum absolute atomic E-state index is 11.7. The van der Waals surface area contributed by atoms with Crippen molar-refractivity contribution in [3.05, 3.63) is 42.0 Å². The van der Waals surface area contributed by atoms with Crippen LogP contribution in [0.1, 0.15) is 18.4 Å². The zero-order valence-corrected chi connectivity index (χ0v) is 11.5. The highest BCUT2D eigenvalue weighted by Crippen LogP contribution is 2.08. The molecular weight excluding hydrogens is 258 g/mol. The van der Waals surface area contributed by atoms with Gasteiger partial charge in [-0.25, -0.2) is 0 Å². The van der Waals surface area contributed by atoms with Crippen molar-refractivity contribution in [1.82, 2.24) is 15.5 Å². The first kappa shape index (κ1) is 14.0. The van der Waals surface area contributed by atoms with Gasteiger partial charge in [-0.15, -0.1) is 0 Å². The van der Waals surface area contributed by atoms with Gasteiger partial charge in [-0.05, 0) is 26.0 Å². The van der Waals surface area contributed by atoms with Crippen LogP contribution in [0, 0.1) is 6.92 Å². The average molecular weight is 275 g/mol. The normalized spacial score (nSPS) is 11.9. The molecule has 0 spiro atoms. The Morgan fingerprint density at radius 3 is 3.05 bits per heavy atom. The Labute approximate surface area is 117 Å². The summed E-state index contributed by atoms with van der Waals surface area (Å²) < 4.78 is 10.6.